The van der Waals surface area contributed by atoms with Crippen LogP contribution in [0.25, 0.3) is 0 Å². The van der Waals surface area contributed by atoms with E-state index in [-0.39, 0.29) is 0 Å². The van der Waals surface area contributed by atoms with Crippen LogP contribution in [0.2, 0.25) is 0 Å². The number of hydrogen-bond acceptors (Lipinski definition) is 3. The zero-order chi connectivity index (χ0) is 14.5. The molecule has 0 spiro atoms. The van der Waals surface area contributed by atoms with E-state index in [1.807, 2.05) is 0 Å². The standard InChI is InChI=1S/C17H30N4/c1-15(14-20-10-5-2-6-11-20)18-13-16-9-12-21(19-16)17-7-3-4-8-17/h9,12,15,17-18H,2-8,10-11,13-14H2,1H3. The molecule has 1 atom stereocenters. The summed E-state index contributed by atoms with van der Waals surface area (Å²) in [4.78, 5) is 2.60. The predicted octanol–water partition coefficient (Wildman–Crippen LogP) is 2.96. The second-order valence-electron chi connectivity index (χ2n) is 6.87. The minimum atomic E-state index is 0.541. The maximum atomic E-state index is 4.75. The highest BCUT2D eigenvalue weighted by Crippen LogP contribution is 2.28. The molecule has 1 unspecified atom stereocenters. The van der Waals surface area contributed by atoms with E-state index < -0.39 is 0 Å². The lowest BCUT2D eigenvalue weighted by molar-refractivity contribution is 0.208. The number of aromatic nitrogens is 2. The van der Waals surface area contributed by atoms with Crippen LogP contribution < -0.4 is 5.32 Å². The molecule has 1 saturated heterocycles. The Morgan fingerprint density at radius 3 is 2.71 bits per heavy atom. The van der Waals surface area contributed by atoms with E-state index >= 15 is 0 Å². The van der Waals surface area contributed by atoms with E-state index in [1.54, 1.807) is 0 Å². The predicted molar refractivity (Wildman–Crippen MR) is 86.3 cm³/mol. The molecule has 3 rings (SSSR count). The van der Waals surface area contributed by atoms with E-state index in [0.717, 1.165) is 6.54 Å². The topological polar surface area (TPSA) is 33.1 Å². The van der Waals surface area contributed by atoms with Crippen molar-refractivity contribution in [2.75, 3.05) is 19.6 Å². The molecular weight excluding hydrogens is 260 g/mol. The van der Waals surface area contributed by atoms with Crippen molar-refractivity contribution in [2.24, 2.45) is 0 Å². The second-order valence-corrected chi connectivity index (χ2v) is 6.87. The molecule has 2 fully saturated rings. The highest BCUT2D eigenvalue weighted by molar-refractivity contribution is 5.00. The molecule has 1 aliphatic carbocycles. The van der Waals surface area contributed by atoms with Gasteiger partial charge in [0.15, 0.2) is 0 Å². The Morgan fingerprint density at radius 2 is 1.95 bits per heavy atom. The maximum Gasteiger partial charge on any atom is 0.0762 e. The van der Waals surface area contributed by atoms with E-state index in [9.17, 15) is 0 Å². The van der Waals surface area contributed by atoms with Crippen LogP contribution >= 0.6 is 0 Å². The molecule has 1 aliphatic heterocycles. The molecular formula is C17H30N4. The Hall–Kier alpha value is -0.870. The van der Waals surface area contributed by atoms with Crippen LogP contribution in [-0.4, -0.2) is 40.4 Å². The van der Waals surface area contributed by atoms with Gasteiger partial charge in [-0.2, -0.15) is 5.10 Å². The molecule has 4 nitrogen and oxygen atoms in total. The molecule has 1 saturated carbocycles. The number of rotatable bonds is 6. The molecule has 118 valence electrons. The summed E-state index contributed by atoms with van der Waals surface area (Å²) in [6.45, 7) is 6.92. The maximum absolute atomic E-state index is 4.75. The zero-order valence-corrected chi connectivity index (χ0v) is 13.4. The van der Waals surface area contributed by atoms with Gasteiger partial charge in [0.25, 0.3) is 0 Å². The minimum Gasteiger partial charge on any atom is -0.307 e. The first kappa shape index (κ1) is 15.0. The third-order valence-corrected chi connectivity index (χ3v) is 4.97. The monoisotopic (exact) mass is 290 g/mol. The van der Waals surface area contributed by atoms with Crippen LogP contribution in [0.15, 0.2) is 12.3 Å². The van der Waals surface area contributed by atoms with Crippen molar-refractivity contribution in [3.8, 4) is 0 Å². The molecule has 21 heavy (non-hydrogen) atoms. The second kappa shape index (κ2) is 7.41. The molecule has 1 aromatic heterocycles. The summed E-state index contributed by atoms with van der Waals surface area (Å²) in [5.74, 6) is 0. The van der Waals surface area contributed by atoms with E-state index in [4.69, 9.17) is 5.10 Å². The SMILES string of the molecule is CC(CN1CCCCC1)NCc1ccn(C2CCCC2)n1. The first-order valence-corrected chi connectivity index (χ1v) is 8.81. The lowest BCUT2D eigenvalue weighted by Crippen LogP contribution is -2.41. The fourth-order valence-electron chi connectivity index (χ4n) is 3.72. The lowest BCUT2D eigenvalue weighted by Gasteiger charge is -2.29. The van der Waals surface area contributed by atoms with Crippen molar-refractivity contribution in [2.45, 2.75) is 70.5 Å². The summed E-state index contributed by atoms with van der Waals surface area (Å²) < 4.78 is 2.19. The van der Waals surface area contributed by atoms with Gasteiger partial charge in [-0.15, -0.1) is 0 Å². The number of hydrogen-bond donors (Lipinski definition) is 1. The van der Waals surface area contributed by atoms with E-state index in [1.165, 1.54) is 70.3 Å². The van der Waals surface area contributed by atoms with Crippen LogP contribution in [0.3, 0.4) is 0 Å². The van der Waals surface area contributed by atoms with Gasteiger partial charge in [-0.1, -0.05) is 19.3 Å². The molecule has 1 N–H and O–H groups in total. The van der Waals surface area contributed by atoms with Crippen molar-refractivity contribution in [3.63, 3.8) is 0 Å². The lowest BCUT2D eigenvalue weighted by atomic mass is 10.1. The zero-order valence-electron chi connectivity index (χ0n) is 13.4. The van der Waals surface area contributed by atoms with Gasteiger partial charge in [0, 0.05) is 25.3 Å². The minimum absolute atomic E-state index is 0.541. The van der Waals surface area contributed by atoms with Gasteiger partial charge in [-0.05, 0) is 51.8 Å². The highest BCUT2D eigenvalue weighted by atomic mass is 15.3. The van der Waals surface area contributed by atoms with E-state index in [0.29, 0.717) is 12.1 Å². The van der Waals surface area contributed by atoms with Gasteiger partial charge in [-0.3, -0.25) is 4.68 Å². The highest BCUT2D eigenvalue weighted by Gasteiger charge is 2.18. The Morgan fingerprint density at radius 1 is 1.19 bits per heavy atom. The Labute approximate surface area is 128 Å². The van der Waals surface area contributed by atoms with Crippen molar-refractivity contribution in [1.82, 2.24) is 20.0 Å². The third-order valence-electron chi connectivity index (χ3n) is 4.97. The smallest absolute Gasteiger partial charge is 0.0762 e. The van der Waals surface area contributed by atoms with Crippen LogP contribution in [0.4, 0.5) is 0 Å². The van der Waals surface area contributed by atoms with Crippen molar-refractivity contribution in [3.05, 3.63) is 18.0 Å². The Bertz CT molecular complexity index is 416. The van der Waals surface area contributed by atoms with Crippen molar-refractivity contribution in [1.29, 1.82) is 0 Å². The van der Waals surface area contributed by atoms with Crippen LogP contribution in [0.5, 0.6) is 0 Å². The van der Waals surface area contributed by atoms with E-state index in [2.05, 4.69) is 34.1 Å². The average Bonchev–Trinajstić information content (AvgIpc) is 3.17. The van der Waals surface area contributed by atoms with Gasteiger partial charge in [0.1, 0.15) is 0 Å². The fourth-order valence-corrected chi connectivity index (χ4v) is 3.72. The molecule has 1 aromatic rings. The van der Waals surface area contributed by atoms with Crippen LogP contribution in [-0.2, 0) is 6.54 Å². The molecule has 0 bridgehead atoms. The molecule has 4 heteroatoms. The first-order chi connectivity index (χ1) is 10.3. The van der Waals surface area contributed by atoms with Gasteiger partial charge >= 0.3 is 0 Å². The summed E-state index contributed by atoms with van der Waals surface area (Å²) in [6, 6.07) is 3.38. The molecule has 0 radical (unpaired) electrons. The quantitative estimate of drug-likeness (QED) is 0.874. The average molecular weight is 290 g/mol. The molecule has 0 aromatic carbocycles. The van der Waals surface area contributed by atoms with Crippen LogP contribution in [0.1, 0.15) is 63.6 Å². The number of nitrogens with one attached hydrogen (secondary N) is 1. The summed E-state index contributed by atoms with van der Waals surface area (Å²) in [6.07, 6.45) is 11.7. The first-order valence-electron chi connectivity index (χ1n) is 8.81. The summed E-state index contributed by atoms with van der Waals surface area (Å²) >= 11 is 0. The Kier molecular flexibility index (Phi) is 5.31. The summed E-state index contributed by atoms with van der Waals surface area (Å²) in [5.41, 5.74) is 1.19. The normalized spacial score (nSPS) is 22.7. The Balaban J connectivity index is 1.41. The molecule has 2 heterocycles. The van der Waals surface area contributed by atoms with Gasteiger partial charge < -0.3 is 10.2 Å². The molecule has 0 amide bonds. The van der Waals surface area contributed by atoms with Gasteiger partial charge in [-0.25, -0.2) is 0 Å². The number of piperidine rings is 1. The summed E-state index contributed by atoms with van der Waals surface area (Å²) in [7, 11) is 0. The van der Waals surface area contributed by atoms with Crippen molar-refractivity contribution < 1.29 is 0 Å². The largest absolute Gasteiger partial charge is 0.307 e. The number of nitrogens with zero attached hydrogens (tertiary/aromatic N) is 3. The fraction of sp³-hybridized carbons (Fsp3) is 0.824. The summed E-state index contributed by atoms with van der Waals surface area (Å²) in [5, 5.41) is 8.38. The molecule has 2 aliphatic rings. The van der Waals surface area contributed by atoms with Crippen molar-refractivity contribution >= 4 is 0 Å². The number of likely N-dealkylation sites (tertiary alicyclic amines) is 1. The third kappa shape index (κ3) is 4.30. The van der Waals surface area contributed by atoms with Crippen LogP contribution in [0, 0.1) is 0 Å². The van der Waals surface area contributed by atoms with Gasteiger partial charge in [0.2, 0.25) is 0 Å². The van der Waals surface area contributed by atoms with Gasteiger partial charge in [0.05, 0.1) is 11.7 Å².